The predicted molar refractivity (Wildman–Crippen MR) is 99.7 cm³/mol. The molecule has 0 aliphatic rings. The van der Waals surface area contributed by atoms with Gasteiger partial charge in [-0.2, -0.15) is 5.10 Å². The zero-order chi connectivity index (χ0) is 18.4. The number of benzene rings is 1. The Balaban J connectivity index is 1.92. The Morgan fingerprint density at radius 2 is 2.00 bits per heavy atom. The Labute approximate surface area is 149 Å². The van der Waals surface area contributed by atoms with Crippen molar-refractivity contribution in [2.75, 3.05) is 18.9 Å². The molecule has 2 rings (SSSR count). The number of aliphatic hydroxyl groups excluding tert-OH is 1. The topological polar surface area (TPSA) is 70.4 Å². The van der Waals surface area contributed by atoms with Crippen molar-refractivity contribution in [1.29, 1.82) is 0 Å². The molecule has 0 saturated heterocycles. The summed E-state index contributed by atoms with van der Waals surface area (Å²) in [6.45, 7) is 7.25. The molecule has 25 heavy (non-hydrogen) atoms. The van der Waals surface area contributed by atoms with Crippen LogP contribution in [0.3, 0.4) is 0 Å². The van der Waals surface area contributed by atoms with E-state index >= 15 is 0 Å². The SMILES string of the molecule is CCCn1nc(C)c(NC(=O)N(C)CC[C@H](O)c2ccccc2)c1C. The highest BCUT2D eigenvalue weighted by Crippen LogP contribution is 2.21. The van der Waals surface area contributed by atoms with Crippen molar-refractivity contribution >= 4 is 11.7 Å². The number of urea groups is 1. The second kappa shape index (κ2) is 8.67. The third kappa shape index (κ3) is 4.82. The Morgan fingerprint density at radius 3 is 2.64 bits per heavy atom. The minimum atomic E-state index is -0.577. The standard InChI is InChI=1S/C19H28N4O2/c1-5-12-23-15(3)18(14(2)21-23)20-19(25)22(4)13-11-17(24)16-9-7-6-8-10-16/h6-10,17,24H,5,11-13H2,1-4H3,(H,20,25)/t17-/m0/s1. The minimum absolute atomic E-state index is 0.192. The van der Waals surface area contributed by atoms with Crippen molar-refractivity contribution in [3.05, 3.63) is 47.3 Å². The maximum Gasteiger partial charge on any atom is 0.321 e. The molecule has 1 aromatic carbocycles. The second-order valence-corrected chi connectivity index (χ2v) is 6.34. The average molecular weight is 344 g/mol. The maximum atomic E-state index is 12.4. The van der Waals surface area contributed by atoms with Crippen LogP contribution >= 0.6 is 0 Å². The van der Waals surface area contributed by atoms with E-state index in [9.17, 15) is 9.90 Å². The van der Waals surface area contributed by atoms with Gasteiger partial charge in [-0.15, -0.1) is 0 Å². The van der Waals surface area contributed by atoms with Gasteiger partial charge in [-0.05, 0) is 32.3 Å². The molecule has 0 radical (unpaired) electrons. The van der Waals surface area contributed by atoms with Gasteiger partial charge in [0, 0.05) is 20.1 Å². The van der Waals surface area contributed by atoms with Crippen LogP contribution in [-0.4, -0.2) is 39.4 Å². The number of aromatic nitrogens is 2. The van der Waals surface area contributed by atoms with Crippen LogP contribution in [0.2, 0.25) is 0 Å². The van der Waals surface area contributed by atoms with Gasteiger partial charge < -0.3 is 15.3 Å². The quantitative estimate of drug-likeness (QED) is 0.807. The van der Waals surface area contributed by atoms with E-state index in [1.807, 2.05) is 48.9 Å². The van der Waals surface area contributed by atoms with Gasteiger partial charge in [0.15, 0.2) is 0 Å². The summed E-state index contributed by atoms with van der Waals surface area (Å²) in [5, 5.41) is 17.6. The highest BCUT2D eigenvalue weighted by Gasteiger charge is 2.17. The number of aryl methyl sites for hydroxylation is 2. The molecule has 0 aliphatic carbocycles. The smallest absolute Gasteiger partial charge is 0.321 e. The van der Waals surface area contributed by atoms with E-state index in [1.165, 1.54) is 0 Å². The molecule has 2 aromatic rings. The van der Waals surface area contributed by atoms with Crippen molar-refractivity contribution in [1.82, 2.24) is 14.7 Å². The van der Waals surface area contributed by atoms with E-state index in [0.29, 0.717) is 13.0 Å². The lowest BCUT2D eigenvalue weighted by molar-refractivity contribution is 0.152. The molecule has 0 aliphatic heterocycles. The number of amides is 2. The number of carbonyl (C=O) groups excluding carboxylic acids is 1. The summed E-state index contributed by atoms with van der Waals surface area (Å²) in [4.78, 5) is 14.0. The van der Waals surface area contributed by atoms with Gasteiger partial charge in [-0.25, -0.2) is 4.79 Å². The van der Waals surface area contributed by atoms with Crippen LogP contribution in [0, 0.1) is 13.8 Å². The van der Waals surface area contributed by atoms with Crippen LogP contribution in [-0.2, 0) is 6.54 Å². The fourth-order valence-corrected chi connectivity index (χ4v) is 2.77. The zero-order valence-corrected chi connectivity index (χ0v) is 15.5. The summed E-state index contributed by atoms with van der Waals surface area (Å²) in [6.07, 6.45) is 0.903. The monoisotopic (exact) mass is 344 g/mol. The van der Waals surface area contributed by atoms with Crippen molar-refractivity contribution in [3.63, 3.8) is 0 Å². The van der Waals surface area contributed by atoms with Crippen LogP contribution in [0.25, 0.3) is 0 Å². The normalized spacial score (nSPS) is 12.0. The molecule has 0 saturated carbocycles. The zero-order valence-electron chi connectivity index (χ0n) is 15.5. The minimum Gasteiger partial charge on any atom is -0.388 e. The summed E-state index contributed by atoms with van der Waals surface area (Å²) >= 11 is 0. The summed E-state index contributed by atoms with van der Waals surface area (Å²) < 4.78 is 1.92. The highest BCUT2D eigenvalue weighted by atomic mass is 16.3. The molecule has 0 fully saturated rings. The fourth-order valence-electron chi connectivity index (χ4n) is 2.77. The number of aliphatic hydroxyl groups is 1. The Kier molecular flexibility index (Phi) is 6.58. The van der Waals surface area contributed by atoms with Gasteiger partial charge in [-0.1, -0.05) is 37.3 Å². The maximum absolute atomic E-state index is 12.4. The molecule has 1 heterocycles. The molecular weight excluding hydrogens is 316 g/mol. The van der Waals surface area contributed by atoms with Crippen LogP contribution in [0.4, 0.5) is 10.5 Å². The van der Waals surface area contributed by atoms with Gasteiger partial charge >= 0.3 is 6.03 Å². The van der Waals surface area contributed by atoms with E-state index in [4.69, 9.17) is 0 Å². The number of hydrogen-bond donors (Lipinski definition) is 2. The molecule has 136 valence electrons. The lowest BCUT2D eigenvalue weighted by atomic mass is 10.1. The van der Waals surface area contributed by atoms with E-state index in [1.54, 1.807) is 11.9 Å². The third-order valence-corrected chi connectivity index (χ3v) is 4.32. The van der Waals surface area contributed by atoms with E-state index < -0.39 is 6.10 Å². The van der Waals surface area contributed by atoms with Gasteiger partial charge in [0.05, 0.1) is 23.2 Å². The van der Waals surface area contributed by atoms with Crippen molar-refractivity contribution in [2.24, 2.45) is 0 Å². The van der Waals surface area contributed by atoms with Crippen molar-refractivity contribution in [2.45, 2.75) is 46.3 Å². The number of carbonyl (C=O) groups is 1. The molecule has 6 heteroatoms. The lowest BCUT2D eigenvalue weighted by Gasteiger charge is -2.20. The summed E-state index contributed by atoms with van der Waals surface area (Å²) in [7, 11) is 1.73. The van der Waals surface area contributed by atoms with Gasteiger partial charge in [0.2, 0.25) is 0 Å². The fraction of sp³-hybridized carbons (Fsp3) is 0.474. The highest BCUT2D eigenvalue weighted by molar-refractivity contribution is 5.90. The molecule has 2 N–H and O–H groups in total. The molecule has 1 aromatic heterocycles. The average Bonchev–Trinajstić information content (AvgIpc) is 2.88. The first-order valence-corrected chi connectivity index (χ1v) is 8.73. The van der Waals surface area contributed by atoms with Crippen molar-refractivity contribution in [3.8, 4) is 0 Å². The van der Waals surface area contributed by atoms with Gasteiger partial charge in [0.1, 0.15) is 0 Å². The Bertz CT molecular complexity index is 697. The van der Waals surface area contributed by atoms with Crippen LogP contribution < -0.4 is 5.32 Å². The molecule has 0 bridgehead atoms. The van der Waals surface area contributed by atoms with Crippen molar-refractivity contribution < 1.29 is 9.90 Å². The molecule has 0 unspecified atom stereocenters. The lowest BCUT2D eigenvalue weighted by Crippen LogP contribution is -2.33. The van der Waals surface area contributed by atoms with Crippen LogP contribution in [0.1, 0.15) is 42.8 Å². The van der Waals surface area contributed by atoms with E-state index in [2.05, 4.69) is 17.3 Å². The number of nitrogens with one attached hydrogen (secondary N) is 1. The number of hydrogen-bond acceptors (Lipinski definition) is 3. The molecule has 0 spiro atoms. The molecular formula is C19H28N4O2. The predicted octanol–water partition coefficient (Wildman–Crippen LogP) is 3.50. The largest absolute Gasteiger partial charge is 0.388 e. The van der Waals surface area contributed by atoms with E-state index in [0.717, 1.165) is 35.6 Å². The second-order valence-electron chi connectivity index (χ2n) is 6.34. The number of nitrogens with zero attached hydrogens (tertiary/aromatic N) is 3. The summed E-state index contributed by atoms with van der Waals surface area (Å²) in [5.74, 6) is 0. The summed E-state index contributed by atoms with van der Waals surface area (Å²) in [5.41, 5.74) is 3.42. The number of anilines is 1. The van der Waals surface area contributed by atoms with Crippen LogP contribution in [0.15, 0.2) is 30.3 Å². The first kappa shape index (κ1) is 19.0. The summed E-state index contributed by atoms with van der Waals surface area (Å²) in [6, 6.07) is 9.30. The molecule has 1 atom stereocenters. The Hall–Kier alpha value is -2.34. The van der Waals surface area contributed by atoms with Crippen LogP contribution in [0.5, 0.6) is 0 Å². The van der Waals surface area contributed by atoms with Gasteiger partial charge in [0.25, 0.3) is 0 Å². The first-order chi connectivity index (χ1) is 11.9. The Morgan fingerprint density at radius 1 is 1.32 bits per heavy atom. The molecule has 6 nitrogen and oxygen atoms in total. The first-order valence-electron chi connectivity index (χ1n) is 8.73. The van der Waals surface area contributed by atoms with Gasteiger partial charge in [-0.3, -0.25) is 4.68 Å². The molecule has 2 amide bonds. The van der Waals surface area contributed by atoms with E-state index in [-0.39, 0.29) is 6.03 Å². The third-order valence-electron chi connectivity index (χ3n) is 4.32. The number of rotatable bonds is 7.